The van der Waals surface area contributed by atoms with Gasteiger partial charge in [0.05, 0.1) is 23.1 Å². The normalized spacial score (nSPS) is 10.9. The Bertz CT molecular complexity index is 1400. The van der Waals surface area contributed by atoms with Gasteiger partial charge in [-0.05, 0) is 29.3 Å². The van der Waals surface area contributed by atoms with Gasteiger partial charge in [0.25, 0.3) is 0 Å². The number of carboxylic acids is 1. The van der Waals surface area contributed by atoms with Crippen molar-refractivity contribution in [3.8, 4) is 22.6 Å². The second-order valence-corrected chi connectivity index (χ2v) is 7.02. The van der Waals surface area contributed by atoms with Crippen molar-refractivity contribution in [1.29, 1.82) is 0 Å². The number of anilines is 1. The Morgan fingerprint density at radius 3 is 2.56 bits per heavy atom. The molecule has 0 fully saturated rings. The first-order valence-corrected chi connectivity index (χ1v) is 9.89. The Labute approximate surface area is 182 Å². The molecular formula is C24H17N5O3. The third kappa shape index (κ3) is 3.77. The van der Waals surface area contributed by atoms with E-state index in [1.54, 1.807) is 6.20 Å². The second kappa shape index (κ2) is 8.27. The van der Waals surface area contributed by atoms with Crippen LogP contribution in [0, 0.1) is 0 Å². The van der Waals surface area contributed by atoms with Crippen LogP contribution >= 0.6 is 0 Å². The molecule has 0 bridgehead atoms. The average Bonchev–Trinajstić information content (AvgIpc) is 3.34. The number of nitrogens with one attached hydrogen (secondary N) is 1. The summed E-state index contributed by atoms with van der Waals surface area (Å²) < 4.78 is 4.89. The number of aromatic carboxylic acids is 1. The lowest BCUT2D eigenvalue weighted by Gasteiger charge is -2.13. The highest BCUT2D eigenvalue weighted by molar-refractivity contribution is 6.02. The maximum absolute atomic E-state index is 11.2. The van der Waals surface area contributed by atoms with E-state index >= 15 is 0 Å². The summed E-state index contributed by atoms with van der Waals surface area (Å²) in [5.41, 5.74) is 3.80. The summed E-state index contributed by atoms with van der Waals surface area (Å²) in [4.78, 5) is 24.9. The van der Waals surface area contributed by atoms with Crippen LogP contribution in [0.5, 0.6) is 0 Å². The lowest BCUT2D eigenvalue weighted by Crippen LogP contribution is -2.06. The zero-order chi connectivity index (χ0) is 21.9. The standard InChI is InChI=1S/C24H17N5O3/c30-24(31)20-13-19(29-32-20)22-27-18-11-6-10-17(15-7-2-1-3-8-15)21(18)23(28-22)26-14-16-9-4-5-12-25-16/h1-13H,14H2,(H,30,31)(H,26,27,28). The van der Waals surface area contributed by atoms with E-state index in [1.165, 1.54) is 6.07 Å². The van der Waals surface area contributed by atoms with Crippen LogP contribution in [0.2, 0.25) is 0 Å². The van der Waals surface area contributed by atoms with E-state index in [2.05, 4.69) is 25.4 Å². The molecule has 5 rings (SSSR count). The summed E-state index contributed by atoms with van der Waals surface area (Å²) in [7, 11) is 0. The number of hydrogen-bond donors (Lipinski definition) is 2. The van der Waals surface area contributed by atoms with Gasteiger partial charge in [-0.15, -0.1) is 0 Å². The predicted octanol–water partition coefficient (Wildman–Crippen LogP) is 4.66. The van der Waals surface area contributed by atoms with E-state index < -0.39 is 5.97 Å². The average molecular weight is 423 g/mol. The maximum atomic E-state index is 11.2. The third-order valence-corrected chi connectivity index (χ3v) is 4.92. The number of rotatable bonds is 6. The van der Waals surface area contributed by atoms with E-state index in [9.17, 15) is 4.79 Å². The SMILES string of the molecule is O=C(O)c1cc(-c2nc(NCc3ccccn3)c3c(-c4ccccc4)cccc3n2)no1. The van der Waals surface area contributed by atoms with Crippen molar-refractivity contribution in [2.75, 3.05) is 5.32 Å². The van der Waals surface area contributed by atoms with Crippen molar-refractivity contribution >= 4 is 22.7 Å². The largest absolute Gasteiger partial charge is 0.475 e. The van der Waals surface area contributed by atoms with Gasteiger partial charge < -0.3 is 14.9 Å². The van der Waals surface area contributed by atoms with Gasteiger partial charge in [-0.3, -0.25) is 4.98 Å². The van der Waals surface area contributed by atoms with Gasteiger partial charge in [-0.25, -0.2) is 14.8 Å². The van der Waals surface area contributed by atoms with Crippen LogP contribution in [-0.2, 0) is 6.54 Å². The lowest BCUT2D eigenvalue weighted by atomic mass is 10.0. The molecular weight excluding hydrogens is 406 g/mol. The molecule has 0 aliphatic rings. The topological polar surface area (TPSA) is 114 Å². The quantitative estimate of drug-likeness (QED) is 0.405. The fourth-order valence-electron chi connectivity index (χ4n) is 3.44. The van der Waals surface area contributed by atoms with E-state index in [0.29, 0.717) is 17.9 Å². The van der Waals surface area contributed by atoms with Crippen LogP contribution in [0.4, 0.5) is 5.82 Å². The maximum Gasteiger partial charge on any atom is 0.374 e. The van der Waals surface area contributed by atoms with Gasteiger partial charge in [0, 0.05) is 12.3 Å². The number of carboxylic acid groups (broad SMARTS) is 1. The zero-order valence-electron chi connectivity index (χ0n) is 16.8. The van der Waals surface area contributed by atoms with Gasteiger partial charge >= 0.3 is 5.97 Å². The Kier molecular flexibility index (Phi) is 5.01. The fourth-order valence-corrected chi connectivity index (χ4v) is 3.44. The smallest absolute Gasteiger partial charge is 0.374 e. The zero-order valence-corrected chi connectivity index (χ0v) is 16.8. The van der Waals surface area contributed by atoms with Crippen molar-refractivity contribution in [2.45, 2.75) is 6.54 Å². The van der Waals surface area contributed by atoms with Crippen LogP contribution in [0.3, 0.4) is 0 Å². The molecule has 32 heavy (non-hydrogen) atoms. The van der Waals surface area contributed by atoms with E-state index in [4.69, 9.17) is 9.63 Å². The molecule has 2 N–H and O–H groups in total. The molecule has 0 atom stereocenters. The monoisotopic (exact) mass is 423 g/mol. The van der Waals surface area contributed by atoms with E-state index in [-0.39, 0.29) is 17.3 Å². The van der Waals surface area contributed by atoms with E-state index in [0.717, 1.165) is 22.2 Å². The molecule has 2 aromatic carbocycles. The van der Waals surface area contributed by atoms with Crippen molar-refractivity contribution in [3.05, 3.63) is 90.4 Å². The van der Waals surface area contributed by atoms with Gasteiger partial charge in [-0.1, -0.05) is 53.7 Å². The molecule has 0 aliphatic carbocycles. The molecule has 3 aromatic heterocycles. The predicted molar refractivity (Wildman–Crippen MR) is 119 cm³/mol. The number of pyridine rings is 1. The molecule has 0 saturated carbocycles. The molecule has 3 heterocycles. The van der Waals surface area contributed by atoms with Gasteiger partial charge in [0.2, 0.25) is 5.76 Å². The van der Waals surface area contributed by atoms with Crippen molar-refractivity contribution in [1.82, 2.24) is 20.1 Å². The molecule has 8 heteroatoms. The number of hydrogen-bond acceptors (Lipinski definition) is 7. The Morgan fingerprint density at radius 1 is 0.969 bits per heavy atom. The number of nitrogens with zero attached hydrogens (tertiary/aromatic N) is 4. The first-order valence-electron chi connectivity index (χ1n) is 9.89. The highest BCUT2D eigenvalue weighted by atomic mass is 16.5. The molecule has 5 aromatic rings. The molecule has 0 amide bonds. The highest BCUT2D eigenvalue weighted by Crippen LogP contribution is 2.34. The minimum absolute atomic E-state index is 0.246. The molecule has 156 valence electrons. The number of aromatic nitrogens is 4. The molecule has 0 radical (unpaired) electrons. The lowest BCUT2D eigenvalue weighted by molar-refractivity contribution is 0.0652. The summed E-state index contributed by atoms with van der Waals surface area (Å²) in [5.74, 6) is -0.619. The highest BCUT2D eigenvalue weighted by Gasteiger charge is 2.18. The molecule has 0 spiro atoms. The van der Waals surface area contributed by atoms with Gasteiger partial charge in [0.1, 0.15) is 5.82 Å². The first kappa shape index (κ1) is 19.4. The fraction of sp³-hybridized carbons (Fsp3) is 0.0417. The third-order valence-electron chi connectivity index (χ3n) is 4.92. The van der Waals surface area contributed by atoms with Crippen LogP contribution < -0.4 is 5.32 Å². The summed E-state index contributed by atoms with van der Waals surface area (Å²) in [5, 5.41) is 17.2. The number of fused-ring (bicyclic) bond motifs is 1. The van der Waals surface area contributed by atoms with Crippen LogP contribution in [0.15, 0.2) is 83.5 Å². The summed E-state index contributed by atoms with van der Waals surface area (Å²) >= 11 is 0. The minimum atomic E-state index is -1.20. The van der Waals surface area contributed by atoms with Crippen molar-refractivity contribution in [2.24, 2.45) is 0 Å². The molecule has 0 saturated heterocycles. The van der Waals surface area contributed by atoms with Crippen molar-refractivity contribution in [3.63, 3.8) is 0 Å². The first-order chi connectivity index (χ1) is 15.7. The van der Waals surface area contributed by atoms with Gasteiger partial charge in [-0.2, -0.15) is 0 Å². The summed E-state index contributed by atoms with van der Waals surface area (Å²) in [6.45, 7) is 0.453. The molecule has 8 nitrogen and oxygen atoms in total. The van der Waals surface area contributed by atoms with Crippen LogP contribution in [0.1, 0.15) is 16.2 Å². The Morgan fingerprint density at radius 2 is 1.81 bits per heavy atom. The summed E-state index contributed by atoms with van der Waals surface area (Å²) in [6.07, 6.45) is 1.73. The molecule has 0 unspecified atom stereocenters. The molecule has 0 aliphatic heterocycles. The van der Waals surface area contributed by atoms with Crippen LogP contribution in [-0.4, -0.2) is 31.2 Å². The van der Waals surface area contributed by atoms with Crippen molar-refractivity contribution < 1.29 is 14.4 Å². The Hall–Kier alpha value is -4.59. The second-order valence-electron chi connectivity index (χ2n) is 7.02. The number of carbonyl (C=O) groups is 1. The van der Waals surface area contributed by atoms with E-state index in [1.807, 2.05) is 66.7 Å². The van der Waals surface area contributed by atoms with Gasteiger partial charge in [0.15, 0.2) is 11.5 Å². The minimum Gasteiger partial charge on any atom is -0.475 e. The van der Waals surface area contributed by atoms with Crippen LogP contribution in [0.25, 0.3) is 33.5 Å². The summed E-state index contributed by atoms with van der Waals surface area (Å²) in [6, 6.07) is 22.8. The number of benzene rings is 2. The Balaban J connectivity index is 1.66.